The fourth-order valence-corrected chi connectivity index (χ4v) is 3.08. The Bertz CT molecular complexity index is 1040. The summed E-state index contributed by atoms with van der Waals surface area (Å²) < 4.78 is 13.4. The molecule has 8 nitrogen and oxygen atoms in total. The number of nitrogens with zero attached hydrogens (tertiary/aromatic N) is 4. The fraction of sp³-hybridized carbons (Fsp3) is 0.294. The van der Waals surface area contributed by atoms with Crippen LogP contribution in [-0.4, -0.2) is 56.9 Å². The predicted octanol–water partition coefficient (Wildman–Crippen LogP) is 1.06. The molecule has 0 radical (unpaired) electrons. The van der Waals surface area contributed by atoms with E-state index in [1.54, 1.807) is 23.4 Å². The van der Waals surface area contributed by atoms with Gasteiger partial charge in [-0.3, -0.25) is 14.6 Å². The van der Waals surface area contributed by atoms with Crippen LogP contribution < -0.4 is 10.5 Å². The molecular weight excluding hydrogens is 339 g/mol. The number of imidazole rings is 1. The minimum Gasteiger partial charge on any atom is -0.345 e. The van der Waals surface area contributed by atoms with Gasteiger partial charge < -0.3 is 14.8 Å². The number of rotatable bonds is 2. The summed E-state index contributed by atoms with van der Waals surface area (Å²) in [5.41, 5.74) is 1.51. The number of H-pyrrole nitrogens is 2. The van der Waals surface area contributed by atoms with Crippen molar-refractivity contribution in [1.29, 1.82) is 0 Å². The predicted molar refractivity (Wildman–Crippen MR) is 93.8 cm³/mol. The number of aromatic nitrogens is 4. The van der Waals surface area contributed by atoms with E-state index in [9.17, 15) is 14.0 Å². The molecular formula is C17H17FN6O2. The molecule has 0 aliphatic carbocycles. The first kappa shape index (κ1) is 16.2. The van der Waals surface area contributed by atoms with Crippen LogP contribution in [0.15, 0.2) is 29.3 Å². The molecule has 3 aromatic rings. The number of carbonyl (C=O) groups excluding carboxylic acids is 1. The second-order valence-electron chi connectivity index (χ2n) is 6.20. The lowest BCUT2D eigenvalue weighted by atomic mass is 10.1. The highest BCUT2D eigenvalue weighted by atomic mass is 19.1. The van der Waals surface area contributed by atoms with Crippen molar-refractivity contribution in [2.75, 3.05) is 31.1 Å². The maximum atomic E-state index is 13.4. The largest absolute Gasteiger partial charge is 0.345 e. The summed E-state index contributed by atoms with van der Waals surface area (Å²) in [6.07, 6.45) is 1.59. The minimum absolute atomic E-state index is 0.0575. The molecule has 1 aliphatic heterocycles. The third kappa shape index (κ3) is 2.81. The molecule has 1 aromatic carbocycles. The van der Waals surface area contributed by atoms with E-state index >= 15 is 0 Å². The zero-order valence-electron chi connectivity index (χ0n) is 14.1. The van der Waals surface area contributed by atoms with Gasteiger partial charge in [0.05, 0.1) is 23.1 Å². The quantitative estimate of drug-likeness (QED) is 0.715. The molecule has 1 saturated heterocycles. The number of aromatic amines is 2. The van der Waals surface area contributed by atoms with Crippen LogP contribution in [0.2, 0.25) is 0 Å². The van der Waals surface area contributed by atoms with Crippen LogP contribution in [0, 0.1) is 12.7 Å². The SMILES string of the molecule is Cc1nc(N2CCN(C(=O)c3ccc4nc[nH]c4c3)CC2)[nH]c(=O)c1F. The number of nitrogens with one attached hydrogen (secondary N) is 2. The van der Waals surface area contributed by atoms with Gasteiger partial charge in [-0.25, -0.2) is 9.97 Å². The highest BCUT2D eigenvalue weighted by Gasteiger charge is 2.24. The number of amides is 1. The van der Waals surface area contributed by atoms with E-state index < -0.39 is 11.4 Å². The van der Waals surface area contributed by atoms with Gasteiger partial charge in [-0.05, 0) is 25.1 Å². The highest BCUT2D eigenvalue weighted by molar-refractivity contribution is 5.97. The van der Waals surface area contributed by atoms with Crippen LogP contribution in [0.5, 0.6) is 0 Å². The van der Waals surface area contributed by atoms with Crippen LogP contribution >= 0.6 is 0 Å². The molecule has 26 heavy (non-hydrogen) atoms. The van der Waals surface area contributed by atoms with Crippen LogP contribution in [0.3, 0.4) is 0 Å². The molecule has 1 fully saturated rings. The molecule has 2 N–H and O–H groups in total. The standard InChI is InChI=1S/C17H17FN6O2/c1-10-14(18)15(25)22-17(21-10)24-6-4-23(5-7-24)16(26)11-2-3-12-13(8-11)20-9-19-12/h2-3,8-9H,4-7H2,1H3,(H,19,20)(H,21,22,25). The van der Waals surface area contributed by atoms with E-state index in [1.165, 1.54) is 6.92 Å². The van der Waals surface area contributed by atoms with Crippen LogP contribution in [-0.2, 0) is 0 Å². The van der Waals surface area contributed by atoms with Gasteiger partial charge in [0.25, 0.3) is 11.5 Å². The van der Waals surface area contributed by atoms with Gasteiger partial charge in [0, 0.05) is 31.7 Å². The van der Waals surface area contributed by atoms with Gasteiger partial charge in [-0.2, -0.15) is 4.39 Å². The molecule has 0 spiro atoms. The minimum atomic E-state index is -0.864. The number of anilines is 1. The third-order valence-corrected chi connectivity index (χ3v) is 4.55. The zero-order valence-corrected chi connectivity index (χ0v) is 14.1. The van der Waals surface area contributed by atoms with Crippen molar-refractivity contribution in [2.24, 2.45) is 0 Å². The number of hydrogen-bond donors (Lipinski definition) is 2. The first-order valence-corrected chi connectivity index (χ1v) is 8.27. The molecule has 2 aromatic heterocycles. The summed E-state index contributed by atoms with van der Waals surface area (Å²) in [5, 5.41) is 0. The van der Waals surface area contributed by atoms with E-state index in [4.69, 9.17) is 0 Å². The van der Waals surface area contributed by atoms with E-state index in [-0.39, 0.29) is 11.6 Å². The first-order chi connectivity index (χ1) is 12.5. The Morgan fingerprint density at radius 2 is 2.00 bits per heavy atom. The Morgan fingerprint density at radius 3 is 2.73 bits per heavy atom. The average Bonchev–Trinajstić information content (AvgIpc) is 3.13. The Hall–Kier alpha value is -3.23. The molecule has 3 heterocycles. The average molecular weight is 356 g/mol. The number of benzene rings is 1. The number of carbonyl (C=O) groups is 1. The van der Waals surface area contributed by atoms with Crippen molar-refractivity contribution in [3.05, 3.63) is 52.0 Å². The molecule has 134 valence electrons. The lowest BCUT2D eigenvalue weighted by Gasteiger charge is -2.35. The maximum Gasteiger partial charge on any atom is 0.288 e. The summed E-state index contributed by atoms with van der Waals surface area (Å²) in [5.74, 6) is -0.588. The Morgan fingerprint density at radius 1 is 1.23 bits per heavy atom. The van der Waals surface area contributed by atoms with Gasteiger partial charge in [0.2, 0.25) is 11.8 Å². The molecule has 9 heteroatoms. The Kier molecular flexibility index (Phi) is 3.90. The summed E-state index contributed by atoms with van der Waals surface area (Å²) >= 11 is 0. The van der Waals surface area contributed by atoms with Crippen molar-refractivity contribution in [3.63, 3.8) is 0 Å². The second kappa shape index (κ2) is 6.25. The van der Waals surface area contributed by atoms with Gasteiger partial charge in [0.15, 0.2) is 0 Å². The van der Waals surface area contributed by atoms with Crippen molar-refractivity contribution in [3.8, 4) is 0 Å². The number of hydrogen-bond acceptors (Lipinski definition) is 5. The third-order valence-electron chi connectivity index (χ3n) is 4.55. The molecule has 4 rings (SSSR count). The van der Waals surface area contributed by atoms with E-state index in [0.29, 0.717) is 37.7 Å². The summed E-state index contributed by atoms with van der Waals surface area (Å²) in [6, 6.07) is 5.37. The molecule has 0 saturated carbocycles. The lowest BCUT2D eigenvalue weighted by Crippen LogP contribution is -2.49. The summed E-state index contributed by atoms with van der Waals surface area (Å²) in [6.45, 7) is 3.44. The fourth-order valence-electron chi connectivity index (χ4n) is 3.08. The van der Waals surface area contributed by atoms with Gasteiger partial charge in [0.1, 0.15) is 0 Å². The lowest BCUT2D eigenvalue weighted by molar-refractivity contribution is 0.0746. The molecule has 1 aliphatic rings. The number of halogens is 1. The van der Waals surface area contributed by atoms with Crippen LogP contribution in [0.25, 0.3) is 11.0 Å². The number of piperazine rings is 1. The molecule has 0 unspecified atom stereocenters. The molecule has 0 atom stereocenters. The Balaban J connectivity index is 1.47. The van der Waals surface area contributed by atoms with Crippen molar-refractivity contribution >= 4 is 22.9 Å². The number of aryl methyl sites for hydroxylation is 1. The summed E-state index contributed by atoms with van der Waals surface area (Å²) in [4.78, 5) is 41.6. The van der Waals surface area contributed by atoms with Gasteiger partial charge in [-0.1, -0.05) is 0 Å². The van der Waals surface area contributed by atoms with Crippen molar-refractivity contribution in [1.82, 2.24) is 24.8 Å². The Labute approximate surface area is 147 Å². The van der Waals surface area contributed by atoms with Crippen LogP contribution in [0.4, 0.5) is 10.3 Å². The zero-order chi connectivity index (χ0) is 18.3. The molecule has 1 amide bonds. The number of fused-ring (bicyclic) bond motifs is 1. The van der Waals surface area contributed by atoms with Crippen molar-refractivity contribution in [2.45, 2.75) is 6.92 Å². The van der Waals surface area contributed by atoms with E-state index in [1.807, 2.05) is 11.0 Å². The first-order valence-electron chi connectivity index (χ1n) is 8.27. The molecule has 0 bridgehead atoms. The van der Waals surface area contributed by atoms with Crippen molar-refractivity contribution < 1.29 is 9.18 Å². The summed E-state index contributed by atoms with van der Waals surface area (Å²) in [7, 11) is 0. The highest BCUT2D eigenvalue weighted by Crippen LogP contribution is 2.16. The second-order valence-corrected chi connectivity index (χ2v) is 6.20. The van der Waals surface area contributed by atoms with Crippen LogP contribution in [0.1, 0.15) is 16.1 Å². The normalized spacial score (nSPS) is 14.8. The smallest absolute Gasteiger partial charge is 0.288 e. The van der Waals surface area contributed by atoms with E-state index in [0.717, 1.165) is 11.0 Å². The topological polar surface area (TPSA) is 98.0 Å². The van der Waals surface area contributed by atoms with Gasteiger partial charge in [-0.15, -0.1) is 0 Å². The van der Waals surface area contributed by atoms with Gasteiger partial charge >= 0.3 is 0 Å². The van der Waals surface area contributed by atoms with E-state index in [2.05, 4.69) is 19.9 Å². The monoisotopic (exact) mass is 356 g/mol. The maximum absolute atomic E-state index is 13.4.